The highest BCUT2D eigenvalue weighted by Gasteiger charge is 2.34. The van der Waals surface area contributed by atoms with Crippen LogP contribution in [-0.2, 0) is 15.6 Å². The molecule has 0 aliphatic rings. The summed E-state index contributed by atoms with van der Waals surface area (Å²) in [5, 5.41) is 1.31. The Morgan fingerprint density at radius 1 is 0.738 bits per heavy atom. The van der Waals surface area contributed by atoms with Crippen LogP contribution in [0.25, 0.3) is 0 Å². The maximum atomic E-state index is 12.6. The SMILES string of the molecule is CCCCCCCC(=O)Sc1cccc([Si]Oc2cc(OCCCC)c(C(C)(C)C)c(OCCCC)c2C(C)(C)C)c1. The highest BCUT2D eigenvalue weighted by Crippen LogP contribution is 2.49. The van der Waals surface area contributed by atoms with Crippen molar-refractivity contribution in [3.05, 3.63) is 41.5 Å². The molecule has 0 aliphatic heterocycles. The van der Waals surface area contributed by atoms with E-state index < -0.39 is 0 Å². The molecule has 0 aliphatic carbocycles. The van der Waals surface area contributed by atoms with E-state index in [1.54, 1.807) is 0 Å². The summed E-state index contributed by atoms with van der Waals surface area (Å²) >= 11 is 1.35. The van der Waals surface area contributed by atoms with Crippen LogP contribution in [0.1, 0.15) is 138 Å². The first-order chi connectivity index (χ1) is 19.9. The first-order valence-electron chi connectivity index (χ1n) is 16.1. The van der Waals surface area contributed by atoms with E-state index in [2.05, 4.69) is 80.5 Å². The lowest BCUT2D eigenvalue weighted by molar-refractivity contribution is -0.111. The van der Waals surface area contributed by atoms with E-state index in [-0.39, 0.29) is 25.7 Å². The molecule has 0 fully saturated rings. The lowest BCUT2D eigenvalue weighted by atomic mass is 9.78. The van der Waals surface area contributed by atoms with Gasteiger partial charge in [0.1, 0.15) is 17.2 Å². The third-order valence-corrected chi connectivity index (χ3v) is 8.83. The van der Waals surface area contributed by atoms with Crippen molar-refractivity contribution >= 4 is 31.8 Å². The fourth-order valence-corrected chi connectivity index (χ4v) is 6.52. The van der Waals surface area contributed by atoms with E-state index in [4.69, 9.17) is 13.9 Å². The minimum absolute atomic E-state index is 0.0963. The smallest absolute Gasteiger partial charge is 0.351 e. The number of carbonyl (C=O) groups is 1. The van der Waals surface area contributed by atoms with Crippen molar-refractivity contribution in [1.82, 2.24) is 0 Å². The van der Waals surface area contributed by atoms with Crippen molar-refractivity contribution in [2.45, 2.75) is 142 Å². The minimum atomic E-state index is -0.204. The molecule has 0 atom stereocenters. The quantitative estimate of drug-likeness (QED) is 0.0952. The van der Waals surface area contributed by atoms with Crippen molar-refractivity contribution in [3.8, 4) is 17.2 Å². The summed E-state index contributed by atoms with van der Waals surface area (Å²) in [6.07, 6.45) is 10.6. The molecular formula is C36H56O4SSi. The summed E-state index contributed by atoms with van der Waals surface area (Å²) in [6.45, 7) is 21.3. The zero-order valence-corrected chi connectivity index (χ0v) is 29.7. The van der Waals surface area contributed by atoms with Crippen LogP contribution in [0.2, 0.25) is 0 Å². The number of unbranched alkanes of at least 4 members (excludes halogenated alkanes) is 6. The molecule has 42 heavy (non-hydrogen) atoms. The van der Waals surface area contributed by atoms with Crippen LogP contribution in [-0.4, -0.2) is 28.1 Å². The zero-order chi connectivity index (χ0) is 31.2. The number of hydrogen-bond acceptors (Lipinski definition) is 5. The molecule has 0 N–H and O–H groups in total. The van der Waals surface area contributed by atoms with Crippen LogP contribution < -0.4 is 19.1 Å². The molecule has 0 amide bonds. The third kappa shape index (κ3) is 12.0. The fourth-order valence-electron chi connectivity index (χ4n) is 4.81. The second-order valence-electron chi connectivity index (χ2n) is 13.2. The molecule has 2 radical (unpaired) electrons. The zero-order valence-electron chi connectivity index (χ0n) is 27.9. The van der Waals surface area contributed by atoms with Gasteiger partial charge in [0.05, 0.1) is 13.2 Å². The summed E-state index contributed by atoms with van der Waals surface area (Å²) in [4.78, 5) is 13.6. The van der Waals surface area contributed by atoms with Crippen LogP contribution in [0.15, 0.2) is 35.2 Å². The van der Waals surface area contributed by atoms with Gasteiger partial charge in [0, 0.05) is 28.5 Å². The van der Waals surface area contributed by atoms with Crippen LogP contribution in [0, 0.1) is 0 Å². The monoisotopic (exact) mass is 612 g/mol. The van der Waals surface area contributed by atoms with E-state index in [0.717, 1.165) is 77.0 Å². The van der Waals surface area contributed by atoms with Crippen molar-refractivity contribution < 1.29 is 18.7 Å². The van der Waals surface area contributed by atoms with Gasteiger partial charge in [0.2, 0.25) is 0 Å². The van der Waals surface area contributed by atoms with Crippen LogP contribution >= 0.6 is 11.8 Å². The highest BCUT2D eigenvalue weighted by atomic mass is 32.2. The molecule has 0 bridgehead atoms. The average Bonchev–Trinajstić information content (AvgIpc) is 2.90. The first kappa shape index (κ1) is 36.3. The summed E-state index contributed by atoms with van der Waals surface area (Å²) in [6, 6.07) is 10.3. The van der Waals surface area contributed by atoms with E-state index in [9.17, 15) is 4.79 Å². The van der Waals surface area contributed by atoms with Crippen molar-refractivity contribution in [2.75, 3.05) is 13.2 Å². The molecule has 0 aromatic heterocycles. The Balaban J connectivity index is 2.38. The van der Waals surface area contributed by atoms with Gasteiger partial charge >= 0.3 is 9.76 Å². The van der Waals surface area contributed by atoms with Gasteiger partial charge in [-0.05, 0) is 47.4 Å². The largest absolute Gasteiger partial charge is 0.535 e. The molecule has 0 saturated carbocycles. The molecule has 0 saturated heterocycles. The maximum absolute atomic E-state index is 12.6. The van der Waals surface area contributed by atoms with Gasteiger partial charge in [-0.1, -0.05) is 125 Å². The summed E-state index contributed by atoms with van der Waals surface area (Å²) in [5.74, 6) is 2.57. The number of hydrogen-bond donors (Lipinski definition) is 0. The number of rotatable bonds is 18. The minimum Gasteiger partial charge on any atom is -0.535 e. The van der Waals surface area contributed by atoms with Gasteiger partial charge in [0.25, 0.3) is 0 Å². The Kier molecular flexibility index (Phi) is 15.6. The number of carbonyl (C=O) groups excluding carboxylic acids is 1. The summed E-state index contributed by atoms with van der Waals surface area (Å²) < 4.78 is 19.7. The average molecular weight is 613 g/mol. The Labute approximate surface area is 264 Å². The molecular weight excluding hydrogens is 557 g/mol. The molecule has 2 aromatic rings. The lowest BCUT2D eigenvalue weighted by Gasteiger charge is -2.33. The predicted molar refractivity (Wildman–Crippen MR) is 181 cm³/mol. The van der Waals surface area contributed by atoms with Crippen LogP contribution in [0.3, 0.4) is 0 Å². The second kappa shape index (κ2) is 18.0. The van der Waals surface area contributed by atoms with E-state index in [1.165, 1.54) is 31.0 Å². The molecule has 2 rings (SSSR count). The van der Waals surface area contributed by atoms with Gasteiger partial charge in [-0.15, -0.1) is 0 Å². The maximum Gasteiger partial charge on any atom is 0.351 e. The fraction of sp³-hybridized carbons (Fsp3) is 0.639. The van der Waals surface area contributed by atoms with Gasteiger partial charge in [-0.2, -0.15) is 0 Å². The second-order valence-corrected chi connectivity index (χ2v) is 15.3. The van der Waals surface area contributed by atoms with Gasteiger partial charge in [0.15, 0.2) is 5.12 Å². The predicted octanol–water partition coefficient (Wildman–Crippen LogP) is 9.94. The van der Waals surface area contributed by atoms with Crippen molar-refractivity contribution in [3.63, 3.8) is 0 Å². The molecule has 2 aromatic carbocycles. The highest BCUT2D eigenvalue weighted by molar-refractivity contribution is 8.13. The normalized spacial score (nSPS) is 11.9. The van der Waals surface area contributed by atoms with Crippen LogP contribution in [0.5, 0.6) is 17.2 Å². The summed E-state index contributed by atoms with van der Waals surface area (Å²) in [5.41, 5.74) is 1.83. The topological polar surface area (TPSA) is 44.8 Å². The van der Waals surface area contributed by atoms with Crippen molar-refractivity contribution in [2.24, 2.45) is 0 Å². The molecule has 6 heteroatoms. The Bertz CT molecular complexity index is 1100. The molecule has 0 spiro atoms. The van der Waals surface area contributed by atoms with Gasteiger partial charge < -0.3 is 13.9 Å². The van der Waals surface area contributed by atoms with Crippen LogP contribution in [0.4, 0.5) is 0 Å². The standard InChI is InChI=1S/C36H56O4SSi/c1-10-13-16-17-18-22-31(37)41-27-20-19-21-28(25-27)42-40-30-26-29(38-23-14-11-2)32(35(4,5)6)34(39-24-15-12-3)33(30)36(7,8)9/h19-21,25-26H,10-18,22-24H2,1-9H3. The number of benzene rings is 2. The Hall–Kier alpha value is -1.92. The lowest BCUT2D eigenvalue weighted by Crippen LogP contribution is -2.25. The van der Waals surface area contributed by atoms with Crippen molar-refractivity contribution in [1.29, 1.82) is 0 Å². The first-order valence-corrected chi connectivity index (χ1v) is 17.9. The van der Waals surface area contributed by atoms with Gasteiger partial charge in [-0.3, -0.25) is 4.79 Å². The van der Waals surface area contributed by atoms with E-state index >= 15 is 0 Å². The Morgan fingerprint density at radius 2 is 1.33 bits per heavy atom. The number of ether oxygens (including phenoxy) is 2. The molecule has 0 heterocycles. The molecule has 0 unspecified atom stereocenters. The number of thioether (sulfide) groups is 1. The Morgan fingerprint density at radius 3 is 1.95 bits per heavy atom. The van der Waals surface area contributed by atoms with E-state index in [0.29, 0.717) is 19.6 Å². The molecule has 4 nitrogen and oxygen atoms in total. The van der Waals surface area contributed by atoms with E-state index in [1.807, 2.05) is 12.1 Å². The third-order valence-electron chi connectivity index (χ3n) is 7.04. The van der Waals surface area contributed by atoms with Gasteiger partial charge in [-0.25, -0.2) is 0 Å². The molecule has 234 valence electrons. The summed E-state index contributed by atoms with van der Waals surface area (Å²) in [7, 11) is 0.0963.